The number of aromatic nitrogens is 3. The predicted octanol–water partition coefficient (Wildman–Crippen LogP) is 3.13. The Balaban J connectivity index is 1.35. The van der Waals surface area contributed by atoms with Gasteiger partial charge in [0.25, 0.3) is 5.91 Å². The van der Waals surface area contributed by atoms with Gasteiger partial charge in [0.2, 0.25) is 5.91 Å². The molecule has 5 rings (SSSR count). The van der Waals surface area contributed by atoms with Gasteiger partial charge in [-0.3, -0.25) is 19.3 Å². The van der Waals surface area contributed by atoms with Gasteiger partial charge < -0.3 is 14.6 Å². The van der Waals surface area contributed by atoms with Crippen LogP contribution in [0.15, 0.2) is 83.7 Å². The number of fused-ring (bicyclic) bond motifs is 1. The van der Waals surface area contributed by atoms with Crippen LogP contribution in [0.2, 0.25) is 0 Å². The van der Waals surface area contributed by atoms with Crippen molar-refractivity contribution < 1.29 is 14.0 Å². The number of carbonyl (C=O) groups excluding carboxylic acids is 2. The van der Waals surface area contributed by atoms with Gasteiger partial charge in [-0.2, -0.15) is 5.10 Å². The Labute approximate surface area is 184 Å². The average molecular weight is 427 g/mol. The van der Waals surface area contributed by atoms with Crippen molar-refractivity contribution in [1.82, 2.24) is 19.7 Å². The monoisotopic (exact) mass is 427 g/mol. The molecule has 1 N–H and O–H groups in total. The van der Waals surface area contributed by atoms with Crippen LogP contribution in [0, 0.1) is 0 Å². The van der Waals surface area contributed by atoms with Gasteiger partial charge in [0.1, 0.15) is 6.04 Å². The van der Waals surface area contributed by atoms with Crippen molar-refractivity contribution in [2.24, 2.45) is 0 Å². The third-order valence-corrected chi connectivity index (χ3v) is 5.49. The van der Waals surface area contributed by atoms with Gasteiger partial charge in [0, 0.05) is 31.4 Å². The summed E-state index contributed by atoms with van der Waals surface area (Å²) in [5.41, 5.74) is 2.94. The van der Waals surface area contributed by atoms with Crippen LogP contribution in [0.1, 0.15) is 27.4 Å². The van der Waals surface area contributed by atoms with Crippen LogP contribution in [0.4, 0.5) is 5.82 Å². The van der Waals surface area contributed by atoms with E-state index in [9.17, 15) is 9.59 Å². The van der Waals surface area contributed by atoms with Gasteiger partial charge in [-0.25, -0.2) is 0 Å². The van der Waals surface area contributed by atoms with Crippen LogP contribution >= 0.6 is 0 Å². The fourth-order valence-corrected chi connectivity index (χ4v) is 3.90. The van der Waals surface area contributed by atoms with Crippen LogP contribution < -0.4 is 5.32 Å². The minimum atomic E-state index is -0.677. The van der Waals surface area contributed by atoms with Gasteiger partial charge in [-0.1, -0.05) is 30.3 Å². The fraction of sp³-hybridized carbons (Fsp3) is 0.167. The quantitative estimate of drug-likeness (QED) is 0.528. The third kappa shape index (κ3) is 4.02. The van der Waals surface area contributed by atoms with Crippen molar-refractivity contribution in [3.05, 3.63) is 102 Å². The lowest BCUT2D eigenvalue weighted by molar-refractivity contribution is -0.121. The number of hydrogen-bond acceptors (Lipinski definition) is 5. The molecule has 1 aliphatic rings. The summed E-state index contributed by atoms with van der Waals surface area (Å²) in [5.74, 6) is 0.0323. The highest BCUT2D eigenvalue weighted by Crippen LogP contribution is 2.26. The zero-order valence-electron chi connectivity index (χ0n) is 17.2. The summed E-state index contributed by atoms with van der Waals surface area (Å²) in [5, 5.41) is 7.29. The van der Waals surface area contributed by atoms with Crippen molar-refractivity contribution in [1.29, 1.82) is 0 Å². The van der Waals surface area contributed by atoms with Crippen molar-refractivity contribution in [3.63, 3.8) is 0 Å². The summed E-state index contributed by atoms with van der Waals surface area (Å²) in [4.78, 5) is 32.2. The highest BCUT2D eigenvalue weighted by Gasteiger charge is 2.36. The Hall–Kier alpha value is -4.20. The van der Waals surface area contributed by atoms with Crippen LogP contribution in [0.25, 0.3) is 0 Å². The Kier molecular flexibility index (Phi) is 5.25. The normalized spacial score (nSPS) is 15.2. The first-order chi connectivity index (χ1) is 15.7. The molecule has 0 bridgehead atoms. The van der Waals surface area contributed by atoms with Crippen LogP contribution in [0.3, 0.4) is 0 Å². The molecule has 160 valence electrons. The van der Waals surface area contributed by atoms with E-state index in [0.717, 1.165) is 16.8 Å². The van der Waals surface area contributed by atoms with Crippen LogP contribution in [-0.4, -0.2) is 37.5 Å². The first-order valence-electron chi connectivity index (χ1n) is 10.3. The molecule has 0 saturated heterocycles. The van der Waals surface area contributed by atoms with Gasteiger partial charge in [-0.15, -0.1) is 0 Å². The van der Waals surface area contributed by atoms with Gasteiger partial charge >= 0.3 is 0 Å². The summed E-state index contributed by atoms with van der Waals surface area (Å²) >= 11 is 0. The van der Waals surface area contributed by atoms with Crippen molar-refractivity contribution in [2.45, 2.75) is 25.6 Å². The van der Waals surface area contributed by atoms with Crippen molar-refractivity contribution >= 4 is 17.6 Å². The molecule has 0 aliphatic carbocycles. The molecule has 2 amide bonds. The van der Waals surface area contributed by atoms with E-state index in [1.165, 1.54) is 6.26 Å². The van der Waals surface area contributed by atoms with E-state index >= 15 is 0 Å². The average Bonchev–Trinajstić information content (AvgIpc) is 3.51. The molecule has 8 heteroatoms. The highest BCUT2D eigenvalue weighted by molar-refractivity contribution is 6.00. The molecule has 0 radical (unpaired) electrons. The molecule has 0 saturated carbocycles. The zero-order chi connectivity index (χ0) is 21.9. The molecular formula is C24H21N5O3. The Morgan fingerprint density at radius 3 is 2.66 bits per heavy atom. The molecule has 1 unspecified atom stereocenters. The predicted molar refractivity (Wildman–Crippen MR) is 117 cm³/mol. The topological polar surface area (TPSA) is 93.3 Å². The molecule has 0 fully saturated rings. The van der Waals surface area contributed by atoms with Gasteiger partial charge in [0.05, 0.1) is 18.5 Å². The summed E-state index contributed by atoms with van der Waals surface area (Å²) < 4.78 is 7.01. The SMILES string of the molecule is O=C(Nc1ccn(Cc2ccccn2)n1)C1Cc2ccccc2CN1C(=O)c1ccco1. The lowest BCUT2D eigenvalue weighted by atomic mass is 9.93. The standard InChI is InChI=1S/C24H21N5O3/c30-23(26-22-10-12-28(27-22)16-19-8-3-4-11-25-19)20-14-17-6-1-2-7-18(17)15-29(20)24(31)21-9-5-13-32-21/h1-13,20H,14-16H2,(H,26,27,30). The zero-order valence-corrected chi connectivity index (χ0v) is 17.2. The molecule has 4 aromatic rings. The molecular weight excluding hydrogens is 406 g/mol. The van der Waals surface area contributed by atoms with E-state index in [1.54, 1.807) is 40.2 Å². The van der Waals surface area contributed by atoms with E-state index in [0.29, 0.717) is 25.3 Å². The van der Waals surface area contributed by atoms with Crippen molar-refractivity contribution in [2.75, 3.05) is 5.32 Å². The summed E-state index contributed by atoms with van der Waals surface area (Å²) in [6.45, 7) is 0.832. The summed E-state index contributed by atoms with van der Waals surface area (Å²) in [7, 11) is 0. The molecule has 4 heterocycles. The van der Waals surface area contributed by atoms with Crippen molar-refractivity contribution in [3.8, 4) is 0 Å². The Morgan fingerprint density at radius 2 is 1.88 bits per heavy atom. The smallest absolute Gasteiger partial charge is 0.290 e. The van der Waals surface area contributed by atoms with Gasteiger partial charge in [-0.05, 0) is 35.4 Å². The number of anilines is 1. The van der Waals surface area contributed by atoms with E-state index in [-0.39, 0.29) is 17.6 Å². The first-order valence-corrected chi connectivity index (χ1v) is 10.3. The molecule has 3 aromatic heterocycles. The van der Waals surface area contributed by atoms with E-state index in [1.807, 2.05) is 42.5 Å². The van der Waals surface area contributed by atoms with Crippen LogP contribution in [-0.2, 0) is 24.3 Å². The number of carbonyl (C=O) groups is 2. The number of rotatable bonds is 5. The minimum absolute atomic E-state index is 0.210. The highest BCUT2D eigenvalue weighted by atomic mass is 16.3. The van der Waals surface area contributed by atoms with E-state index < -0.39 is 6.04 Å². The molecule has 1 atom stereocenters. The van der Waals surface area contributed by atoms with Crippen LogP contribution in [0.5, 0.6) is 0 Å². The second kappa shape index (κ2) is 8.50. The number of hydrogen-bond donors (Lipinski definition) is 1. The lowest BCUT2D eigenvalue weighted by Crippen LogP contribution is -2.50. The molecule has 32 heavy (non-hydrogen) atoms. The summed E-state index contributed by atoms with van der Waals surface area (Å²) in [6, 6.07) is 17.9. The molecule has 0 spiro atoms. The van der Waals surface area contributed by atoms with E-state index in [4.69, 9.17) is 4.42 Å². The lowest BCUT2D eigenvalue weighted by Gasteiger charge is -2.35. The maximum atomic E-state index is 13.2. The number of furan rings is 1. The largest absolute Gasteiger partial charge is 0.459 e. The maximum Gasteiger partial charge on any atom is 0.290 e. The van der Waals surface area contributed by atoms with E-state index in [2.05, 4.69) is 15.4 Å². The van der Waals surface area contributed by atoms with Gasteiger partial charge in [0.15, 0.2) is 11.6 Å². The molecule has 1 aliphatic heterocycles. The first kappa shape index (κ1) is 19.7. The number of benzene rings is 1. The summed E-state index contributed by atoms with van der Waals surface area (Å²) in [6.07, 6.45) is 5.39. The Morgan fingerprint density at radius 1 is 1.03 bits per heavy atom. The third-order valence-electron chi connectivity index (χ3n) is 5.49. The Bertz CT molecular complexity index is 1230. The molecule has 8 nitrogen and oxygen atoms in total. The number of pyridine rings is 1. The number of amides is 2. The second-order valence-electron chi connectivity index (χ2n) is 7.61. The molecule has 1 aromatic carbocycles. The number of nitrogens with one attached hydrogen (secondary N) is 1. The minimum Gasteiger partial charge on any atom is -0.459 e. The fourth-order valence-electron chi connectivity index (χ4n) is 3.90. The maximum absolute atomic E-state index is 13.2. The number of nitrogens with zero attached hydrogens (tertiary/aromatic N) is 4. The second-order valence-corrected chi connectivity index (χ2v) is 7.61.